The van der Waals surface area contributed by atoms with Crippen LogP contribution in [0.1, 0.15) is 33.6 Å². The van der Waals surface area contributed by atoms with Crippen LogP contribution in [0.2, 0.25) is 0 Å². The van der Waals surface area contributed by atoms with E-state index in [4.69, 9.17) is 4.55 Å². The van der Waals surface area contributed by atoms with Crippen LogP contribution in [0.5, 0.6) is 0 Å². The molecule has 6 nitrogen and oxygen atoms in total. The van der Waals surface area contributed by atoms with Crippen molar-refractivity contribution in [2.75, 3.05) is 0 Å². The first kappa shape index (κ1) is 14.1. The molecule has 0 bridgehead atoms. The van der Waals surface area contributed by atoms with Crippen molar-refractivity contribution in [1.29, 1.82) is 0 Å². The third-order valence-electron chi connectivity index (χ3n) is 2.17. The number of hydrogen-bond acceptors (Lipinski definition) is 5. The number of carbonyl (C=O) groups excluding carboxylic acids is 2. The Morgan fingerprint density at radius 2 is 1.80 bits per heavy atom. The molecule has 0 amide bonds. The molecule has 88 valence electrons. The molecule has 1 N–H and O–H groups in total. The summed E-state index contributed by atoms with van der Waals surface area (Å²) in [6.45, 7) is 3.87. The zero-order chi connectivity index (χ0) is 12.3. The van der Waals surface area contributed by atoms with Gasteiger partial charge in [0, 0.05) is 6.42 Å². The molecule has 0 heterocycles. The minimum absolute atomic E-state index is 0.0446. The van der Waals surface area contributed by atoms with Gasteiger partial charge in [0.05, 0.1) is 0 Å². The summed E-state index contributed by atoms with van der Waals surface area (Å²) in [7, 11) is -4.59. The van der Waals surface area contributed by atoms with Gasteiger partial charge in [0.2, 0.25) is 0 Å². The van der Waals surface area contributed by atoms with Gasteiger partial charge in [-0.1, -0.05) is 13.8 Å². The Labute approximate surface area is 88.4 Å². The largest absolute Gasteiger partial charge is 0.392 e. The van der Waals surface area contributed by atoms with Crippen molar-refractivity contribution >= 4 is 22.1 Å². The summed E-state index contributed by atoms with van der Waals surface area (Å²) in [6, 6.07) is 0. The fraction of sp³-hybridized carbons (Fsp3) is 0.750. The smallest absolute Gasteiger partial charge is 0.337 e. The summed E-state index contributed by atoms with van der Waals surface area (Å²) < 4.78 is 32.9. The number of hydrogen-bond donors (Lipinski definition) is 1. The molecule has 0 saturated heterocycles. The summed E-state index contributed by atoms with van der Waals surface area (Å²) in [5, 5.41) is 0. The second-order valence-electron chi connectivity index (χ2n) is 3.17. The molecule has 0 radical (unpaired) electrons. The lowest BCUT2D eigenvalue weighted by molar-refractivity contribution is -0.161. The maximum atomic E-state index is 11.3. The highest BCUT2D eigenvalue weighted by Gasteiger charge is 2.46. The van der Waals surface area contributed by atoms with E-state index < -0.39 is 26.8 Å². The maximum absolute atomic E-state index is 11.3. The summed E-state index contributed by atoms with van der Waals surface area (Å²) in [6.07, 6.45) is -0.224. The molecule has 0 aromatic heterocycles. The van der Waals surface area contributed by atoms with Crippen LogP contribution in [-0.4, -0.2) is 29.7 Å². The Balaban J connectivity index is 5.00. The average molecular weight is 238 g/mol. The zero-order valence-corrected chi connectivity index (χ0v) is 9.63. The highest BCUT2D eigenvalue weighted by Crippen LogP contribution is 2.22. The predicted molar refractivity (Wildman–Crippen MR) is 51.6 cm³/mol. The summed E-state index contributed by atoms with van der Waals surface area (Å²) >= 11 is 0. The molecular formula is C8H14O6S. The fourth-order valence-electron chi connectivity index (χ4n) is 0.716. The molecule has 15 heavy (non-hydrogen) atoms. The molecule has 7 heteroatoms. The Kier molecular flexibility index (Phi) is 4.42. The lowest BCUT2D eigenvalue weighted by atomic mass is 10.1. The van der Waals surface area contributed by atoms with E-state index in [0.29, 0.717) is 0 Å². The van der Waals surface area contributed by atoms with Gasteiger partial charge in [0.25, 0.3) is 10.1 Å². The standard InChI is InChI=1S/C8H14O6S/c1-4-6(9)14-7(10)8(3,5-2)15(11,12)13/h4-5H2,1-3H3,(H,11,12,13). The SMILES string of the molecule is CCC(=O)OC(=O)C(C)(CC)S(=O)(=O)O. The van der Waals surface area contributed by atoms with Crippen molar-refractivity contribution in [3.63, 3.8) is 0 Å². The first-order valence-electron chi connectivity index (χ1n) is 4.41. The molecule has 1 unspecified atom stereocenters. The van der Waals surface area contributed by atoms with Gasteiger partial charge >= 0.3 is 11.9 Å². The molecule has 0 saturated carbocycles. The monoisotopic (exact) mass is 238 g/mol. The van der Waals surface area contributed by atoms with Crippen LogP contribution in [0.3, 0.4) is 0 Å². The second kappa shape index (κ2) is 4.71. The van der Waals surface area contributed by atoms with Gasteiger partial charge in [0.1, 0.15) is 0 Å². The lowest BCUT2D eigenvalue weighted by Gasteiger charge is -2.21. The van der Waals surface area contributed by atoms with E-state index in [1.165, 1.54) is 13.8 Å². The third-order valence-corrected chi connectivity index (χ3v) is 3.77. The predicted octanol–water partition coefficient (Wildman–Crippen LogP) is 0.523. The summed E-state index contributed by atoms with van der Waals surface area (Å²) in [5.41, 5.74) is 0. The van der Waals surface area contributed by atoms with Gasteiger partial charge in [-0.05, 0) is 13.3 Å². The van der Waals surface area contributed by atoms with Gasteiger partial charge in [-0.3, -0.25) is 9.35 Å². The molecule has 0 rings (SSSR count). The van der Waals surface area contributed by atoms with E-state index in [2.05, 4.69) is 4.74 Å². The fourth-order valence-corrected chi connectivity index (χ4v) is 1.33. The average Bonchev–Trinajstić information content (AvgIpc) is 2.14. The normalized spacial score (nSPS) is 15.5. The van der Waals surface area contributed by atoms with Gasteiger partial charge in [-0.2, -0.15) is 8.42 Å². The minimum Gasteiger partial charge on any atom is -0.392 e. The third kappa shape index (κ3) is 3.00. The first-order valence-corrected chi connectivity index (χ1v) is 5.85. The molecule has 0 spiro atoms. The van der Waals surface area contributed by atoms with Gasteiger partial charge < -0.3 is 4.74 Å². The second-order valence-corrected chi connectivity index (χ2v) is 5.03. The molecular weight excluding hydrogens is 224 g/mol. The van der Waals surface area contributed by atoms with Crippen molar-refractivity contribution in [1.82, 2.24) is 0 Å². The van der Waals surface area contributed by atoms with Crippen molar-refractivity contribution < 1.29 is 27.3 Å². The van der Waals surface area contributed by atoms with Gasteiger partial charge in [-0.15, -0.1) is 0 Å². The summed E-state index contributed by atoms with van der Waals surface area (Å²) in [5.74, 6) is -2.08. The van der Waals surface area contributed by atoms with Crippen LogP contribution in [0.15, 0.2) is 0 Å². The number of carbonyl (C=O) groups is 2. The van der Waals surface area contributed by atoms with Crippen molar-refractivity contribution in [2.24, 2.45) is 0 Å². The first-order chi connectivity index (χ1) is 6.69. The molecule has 0 aliphatic heterocycles. The van der Waals surface area contributed by atoms with Gasteiger partial charge in [-0.25, -0.2) is 4.79 Å². The Bertz CT molecular complexity index is 357. The Morgan fingerprint density at radius 1 is 1.33 bits per heavy atom. The number of esters is 2. The quantitative estimate of drug-likeness (QED) is 0.435. The molecule has 0 aromatic carbocycles. The maximum Gasteiger partial charge on any atom is 0.337 e. The van der Waals surface area contributed by atoms with Gasteiger partial charge in [0.15, 0.2) is 4.75 Å². The Hall–Kier alpha value is -0.950. The van der Waals surface area contributed by atoms with E-state index >= 15 is 0 Å². The van der Waals surface area contributed by atoms with Crippen LogP contribution in [-0.2, 0) is 24.4 Å². The van der Waals surface area contributed by atoms with E-state index in [9.17, 15) is 18.0 Å². The highest BCUT2D eigenvalue weighted by molar-refractivity contribution is 7.88. The highest BCUT2D eigenvalue weighted by atomic mass is 32.2. The van der Waals surface area contributed by atoms with Crippen molar-refractivity contribution in [3.8, 4) is 0 Å². The van der Waals surface area contributed by atoms with Crippen LogP contribution >= 0.6 is 0 Å². The molecule has 0 aliphatic carbocycles. The topological polar surface area (TPSA) is 97.7 Å². The van der Waals surface area contributed by atoms with Crippen LogP contribution < -0.4 is 0 Å². The zero-order valence-electron chi connectivity index (χ0n) is 8.81. The van der Waals surface area contributed by atoms with E-state index in [0.717, 1.165) is 6.92 Å². The number of ether oxygens (including phenoxy) is 1. The number of rotatable bonds is 4. The van der Waals surface area contributed by atoms with E-state index in [-0.39, 0.29) is 12.8 Å². The van der Waals surface area contributed by atoms with E-state index in [1.54, 1.807) is 0 Å². The summed E-state index contributed by atoms with van der Waals surface area (Å²) in [4.78, 5) is 22.1. The lowest BCUT2D eigenvalue weighted by Crippen LogP contribution is -2.44. The molecule has 1 atom stereocenters. The minimum atomic E-state index is -4.59. The van der Waals surface area contributed by atoms with Crippen LogP contribution in [0.25, 0.3) is 0 Å². The van der Waals surface area contributed by atoms with E-state index in [1.807, 2.05) is 0 Å². The van der Waals surface area contributed by atoms with Crippen molar-refractivity contribution in [3.05, 3.63) is 0 Å². The van der Waals surface area contributed by atoms with Crippen LogP contribution in [0.4, 0.5) is 0 Å². The molecule has 0 aliphatic rings. The van der Waals surface area contributed by atoms with Crippen molar-refractivity contribution in [2.45, 2.75) is 38.4 Å². The molecule has 0 aromatic rings. The Morgan fingerprint density at radius 3 is 2.07 bits per heavy atom. The molecule has 0 fully saturated rings. The van der Waals surface area contributed by atoms with Crippen LogP contribution in [0, 0.1) is 0 Å².